The van der Waals surface area contributed by atoms with Crippen molar-refractivity contribution in [3.8, 4) is 23.1 Å². The molecule has 0 radical (unpaired) electrons. The third kappa shape index (κ3) is 4.56. The summed E-state index contributed by atoms with van der Waals surface area (Å²) in [6.45, 7) is 2.86. The topological polar surface area (TPSA) is 125 Å². The Morgan fingerprint density at radius 1 is 1.10 bits per heavy atom. The van der Waals surface area contributed by atoms with E-state index in [-0.39, 0.29) is 30.5 Å². The fourth-order valence-corrected chi connectivity index (χ4v) is 6.13. The number of ether oxygens (including phenoxy) is 4. The second kappa shape index (κ2) is 10.2. The Morgan fingerprint density at radius 2 is 1.93 bits per heavy atom. The summed E-state index contributed by atoms with van der Waals surface area (Å²) >= 11 is 6.62. The fourth-order valence-electron chi connectivity index (χ4n) is 5.91. The minimum absolute atomic E-state index is 0.0590. The minimum atomic E-state index is -0.657. The van der Waals surface area contributed by atoms with E-state index in [1.54, 1.807) is 18.5 Å². The van der Waals surface area contributed by atoms with Crippen molar-refractivity contribution < 1.29 is 28.4 Å². The first-order chi connectivity index (χ1) is 19.5. The number of rotatable bonds is 7. The van der Waals surface area contributed by atoms with Gasteiger partial charge in [-0.05, 0) is 60.9 Å². The number of fused-ring (bicyclic) bond motifs is 3. The smallest absolute Gasteiger partial charge is 0.316 e. The summed E-state index contributed by atoms with van der Waals surface area (Å²) in [5.41, 5.74) is 4.88. The molecule has 2 N–H and O–H groups in total. The molecule has 0 saturated carbocycles. The number of aryl methyl sites for hydroxylation is 1. The number of hydrogen-bond donors (Lipinski definition) is 2. The summed E-state index contributed by atoms with van der Waals surface area (Å²) in [5.74, 6) is -0.316. The molecule has 40 heavy (non-hydrogen) atoms. The van der Waals surface area contributed by atoms with Crippen LogP contribution in [0.2, 0.25) is 5.02 Å². The monoisotopic (exact) mass is 567 g/mol. The molecule has 0 unspecified atom stereocenters. The Labute approximate surface area is 233 Å². The van der Waals surface area contributed by atoms with E-state index in [9.17, 15) is 5.11 Å². The predicted molar refractivity (Wildman–Crippen MR) is 142 cm³/mol. The van der Waals surface area contributed by atoms with Gasteiger partial charge in [0, 0.05) is 18.0 Å². The molecule has 0 bridgehead atoms. The second-order valence-corrected chi connectivity index (χ2v) is 10.7. The summed E-state index contributed by atoms with van der Waals surface area (Å²) in [7, 11) is 0. The maximum atomic E-state index is 15.5. The van der Waals surface area contributed by atoms with Gasteiger partial charge < -0.3 is 29.0 Å². The molecule has 12 heteroatoms. The van der Waals surface area contributed by atoms with Gasteiger partial charge in [0.1, 0.15) is 24.1 Å². The first-order valence-electron chi connectivity index (χ1n) is 13.4. The van der Waals surface area contributed by atoms with Crippen LogP contribution in [-0.4, -0.2) is 74.3 Å². The van der Waals surface area contributed by atoms with Crippen molar-refractivity contribution in [1.29, 1.82) is 0 Å². The third-order valence-corrected chi connectivity index (χ3v) is 8.11. The van der Waals surface area contributed by atoms with Crippen LogP contribution in [0.25, 0.3) is 22.3 Å². The highest BCUT2D eigenvalue weighted by molar-refractivity contribution is 6.31. The highest BCUT2D eigenvalue weighted by Gasteiger charge is 2.48. The number of H-pyrrole nitrogens is 1. The molecule has 0 amide bonds. The molecule has 1 aliphatic carbocycles. The maximum Gasteiger partial charge on any atom is 0.316 e. The standard InChI is InChI=1S/C28H27ClFN5O5/c1-2-37-27-31-9-16(10-32-27)15-5-13-3-4-14(23(13)18(30)6-15)7-19-17(29)8-20-26(33-19)35-28(34-20)40-22-12-39-24-21(36)11-38-25(22)24/h5-6,8-10,14,21-22,24-25,36H,2-4,7,11-12H2,1H3,(H,33,34,35)/t14-,21-,22-,24-,25-/m1/s1. The zero-order valence-corrected chi connectivity index (χ0v) is 22.4. The lowest BCUT2D eigenvalue weighted by Gasteiger charge is -2.15. The number of benzene rings is 1. The van der Waals surface area contributed by atoms with Crippen LogP contribution in [0.15, 0.2) is 30.6 Å². The molecular weight excluding hydrogens is 541 g/mol. The van der Waals surface area contributed by atoms with Crippen molar-refractivity contribution in [2.45, 2.75) is 56.5 Å². The van der Waals surface area contributed by atoms with E-state index in [2.05, 4.69) is 19.9 Å². The number of hydrogen-bond acceptors (Lipinski definition) is 9. The molecule has 1 aromatic carbocycles. The molecule has 3 aliphatic rings. The Kier molecular flexibility index (Phi) is 6.54. The molecule has 2 aliphatic heterocycles. The predicted octanol–water partition coefficient (Wildman–Crippen LogP) is 3.78. The lowest BCUT2D eigenvalue weighted by atomic mass is 9.93. The van der Waals surface area contributed by atoms with Gasteiger partial charge in [-0.1, -0.05) is 17.7 Å². The van der Waals surface area contributed by atoms with Gasteiger partial charge in [-0.3, -0.25) is 0 Å². The number of aromatic nitrogens is 5. The van der Waals surface area contributed by atoms with Crippen molar-refractivity contribution in [1.82, 2.24) is 24.9 Å². The number of pyridine rings is 1. The van der Waals surface area contributed by atoms with Gasteiger partial charge >= 0.3 is 6.01 Å². The normalized spacial score (nSPS) is 25.4. The Balaban J connectivity index is 1.09. The molecule has 10 nitrogen and oxygen atoms in total. The van der Waals surface area contributed by atoms with E-state index < -0.39 is 18.3 Å². The number of aliphatic hydroxyl groups is 1. The Hall–Kier alpha value is -3.38. The second-order valence-electron chi connectivity index (χ2n) is 10.3. The number of aromatic amines is 1. The molecule has 3 aromatic heterocycles. The summed E-state index contributed by atoms with van der Waals surface area (Å²) in [6, 6.07) is 5.89. The lowest BCUT2D eigenvalue weighted by Crippen LogP contribution is -2.34. The van der Waals surface area contributed by atoms with Gasteiger partial charge in [-0.25, -0.2) is 19.3 Å². The summed E-state index contributed by atoms with van der Waals surface area (Å²) in [4.78, 5) is 20.7. The van der Waals surface area contributed by atoms with Crippen LogP contribution in [0, 0.1) is 5.82 Å². The van der Waals surface area contributed by atoms with Crippen LogP contribution in [0.3, 0.4) is 0 Å². The van der Waals surface area contributed by atoms with Crippen molar-refractivity contribution >= 4 is 22.8 Å². The van der Waals surface area contributed by atoms with Gasteiger partial charge in [0.2, 0.25) is 0 Å². The van der Waals surface area contributed by atoms with E-state index in [0.29, 0.717) is 53.1 Å². The van der Waals surface area contributed by atoms with Crippen LogP contribution in [0.4, 0.5) is 4.39 Å². The number of aliphatic hydroxyl groups excluding tert-OH is 1. The van der Waals surface area contributed by atoms with Gasteiger partial charge in [-0.15, -0.1) is 0 Å². The lowest BCUT2D eigenvalue weighted by molar-refractivity contribution is 0.00706. The van der Waals surface area contributed by atoms with Crippen LogP contribution in [-0.2, 0) is 22.3 Å². The molecule has 2 fully saturated rings. The quantitative estimate of drug-likeness (QED) is 0.343. The summed E-state index contributed by atoms with van der Waals surface area (Å²) < 4.78 is 38.0. The van der Waals surface area contributed by atoms with Gasteiger partial charge in [0.15, 0.2) is 11.8 Å². The van der Waals surface area contributed by atoms with E-state index in [0.717, 1.165) is 29.5 Å². The van der Waals surface area contributed by atoms with E-state index in [1.807, 2.05) is 13.0 Å². The van der Waals surface area contributed by atoms with Gasteiger partial charge in [0.25, 0.3) is 6.01 Å². The van der Waals surface area contributed by atoms with E-state index in [4.69, 9.17) is 35.5 Å². The third-order valence-electron chi connectivity index (χ3n) is 7.78. The molecule has 208 valence electrons. The van der Waals surface area contributed by atoms with Crippen LogP contribution < -0.4 is 9.47 Å². The molecule has 7 rings (SSSR count). The minimum Gasteiger partial charge on any atom is -0.464 e. The first kappa shape index (κ1) is 25.6. The highest BCUT2D eigenvalue weighted by atomic mass is 35.5. The van der Waals surface area contributed by atoms with E-state index in [1.165, 1.54) is 6.07 Å². The fraction of sp³-hybridized carbons (Fsp3) is 0.429. The number of nitrogens with one attached hydrogen (secondary N) is 1. The SMILES string of the molecule is CCOc1ncc(-c2cc(F)c3c(c2)CC[C@@H]3Cc2nc3nc(O[C@@H]4CO[C@H]5[C@@H]4OC[C@H]5O)[nH]c3cc2Cl)cn1. The number of halogens is 2. The molecule has 2 saturated heterocycles. The molecule has 5 heterocycles. The first-order valence-corrected chi connectivity index (χ1v) is 13.7. The van der Waals surface area contributed by atoms with Crippen molar-refractivity contribution in [2.75, 3.05) is 19.8 Å². The molecule has 5 atom stereocenters. The van der Waals surface area contributed by atoms with E-state index >= 15 is 4.39 Å². The van der Waals surface area contributed by atoms with Crippen molar-refractivity contribution in [3.05, 3.63) is 58.3 Å². The summed E-state index contributed by atoms with van der Waals surface area (Å²) in [5, 5.41) is 10.4. The zero-order valence-electron chi connectivity index (χ0n) is 21.6. The molecular formula is C28H27ClFN5O5. The number of imidazole rings is 1. The average molecular weight is 568 g/mol. The average Bonchev–Trinajstić information content (AvgIpc) is 3.71. The van der Waals surface area contributed by atoms with Crippen molar-refractivity contribution in [3.63, 3.8) is 0 Å². The Morgan fingerprint density at radius 3 is 2.75 bits per heavy atom. The van der Waals surface area contributed by atoms with Gasteiger partial charge in [0.05, 0.1) is 36.1 Å². The van der Waals surface area contributed by atoms with Crippen molar-refractivity contribution in [2.24, 2.45) is 0 Å². The van der Waals surface area contributed by atoms with Crippen LogP contribution >= 0.6 is 11.6 Å². The van der Waals surface area contributed by atoms with Crippen LogP contribution in [0.1, 0.15) is 36.1 Å². The van der Waals surface area contributed by atoms with Gasteiger partial charge in [-0.2, -0.15) is 4.98 Å². The molecule has 4 aromatic rings. The maximum absolute atomic E-state index is 15.5. The highest BCUT2D eigenvalue weighted by Crippen LogP contribution is 2.40. The van der Waals surface area contributed by atoms with Crippen LogP contribution in [0.5, 0.6) is 12.0 Å². The Bertz CT molecular complexity index is 1570. The largest absolute Gasteiger partial charge is 0.464 e. The zero-order chi connectivity index (χ0) is 27.4. The number of nitrogens with zero attached hydrogens (tertiary/aromatic N) is 4. The molecule has 0 spiro atoms. The summed E-state index contributed by atoms with van der Waals surface area (Å²) in [6.07, 6.45) is 3.53.